The second-order valence-corrected chi connectivity index (χ2v) is 9.87. The molecule has 0 radical (unpaired) electrons. The van der Waals surface area contributed by atoms with Crippen LogP contribution in [0.3, 0.4) is 0 Å². The number of nitrogens with zero attached hydrogens (tertiary/aromatic N) is 2. The molecule has 1 N–H and O–H groups in total. The van der Waals surface area contributed by atoms with Gasteiger partial charge < -0.3 is 14.3 Å². The largest absolute Gasteiger partial charge is 0.486 e. The fraction of sp³-hybridized carbons (Fsp3) is 0.174. The second-order valence-electron chi connectivity index (χ2n) is 6.99. The minimum Gasteiger partial charge on any atom is -0.486 e. The van der Waals surface area contributed by atoms with Gasteiger partial charge in [0, 0.05) is 11.9 Å². The van der Waals surface area contributed by atoms with Crippen LogP contribution in [0.4, 0.5) is 0 Å². The van der Waals surface area contributed by atoms with Crippen LogP contribution in [0.5, 0.6) is 5.75 Å². The highest BCUT2D eigenvalue weighted by Crippen LogP contribution is 2.23. The summed E-state index contributed by atoms with van der Waals surface area (Å²) in [5.74, 6) is 1.17. The average Bonchev–Trinajstić information content (AvgIpc) is 3.50. The Morgan fingerprint density at radius 1 is 1.03 bits per heavy atom. The molecule has 0 saturated heterocycles. The highest BCUT2D eigenvalue weighted by molar-refractivity contribution is 7.89. The van der Waals surface area contributed by atoms with Crippen LogP contribution >= 0.6 is 11.3 Å². The molecule has 9 heteroatoms. The molecule has 0 unspecified atom stereocenters. The number of aliphatic hydroxyl groups is 1. The number of hydrogen-bond acceptors (Lipinski definition) is 7. The van der Waals surface area contributed by atoms with Gasteiger partial charge in [-0.3, -0.25) is 0 Å². The third-order valence-corrected chi connectivity index (χ3v) is 7.35. The molecule has 166 valence electrons. The monoisotopic (exact) mass is 470 g/mol. The molecule has 2 heterocycles. The van der Waals surface area contributed by atoms with Gasteiger partial charge in [-0.15, -0.1) is 11.3 Å². The predicted octanol–water partition coefficient (Wildman–Crippen LogP) is 4.20. The van der Waals surface area contributed by atoms with Crippen LogP contribution in [0.15, 0.2) is 87.7 Å². The Labute approximate surface area is 190 Å². The van der Waals surface area contributed by atoms with Gasteiger partial charge in [-0.05, 0) is 42.0 Å². The van der Waals surface area contributed by atoms with E-state index in [0.29, 0.717) is 17.2 Å². The van der Waals surface area contributed by atoms with E-state index in [4.69, 9.17) is 14.3 Å². The molecule has 4 aromatic rings. The van der Waals surface area contributed by atoms with Crippen molar-refractivity contribution in [3.8, 4) is 5.75 Å². The molecule has 2 aromatic carbocycles. The number of hydrogen-bond donors (Lipinski definition) is 1. The van der Waals surface area contributed by atoms with Crippen molar-refractivity contribution in [2.75, 3.05) is 0 Å². The normalized spacial score (nSPS) is 11.7. The first kappa shape index (κ1) is 22.2. The van der Waals surface area contributed by atoms with Gasteiger partial charge in [0.15, 0.2) is 0 Å². The maximum absolute atomic E-state index is 13.3. The summed E-state index contributed by atoms with van der Waals surface area (Å²) in [6, 6.07) is 19.1. The van der Waals surface area contributed by atoms with E-state index >= 15 is 0 Å². The molecule has 0 atom stereocenters. The maximum Gasteiger partial charge on any atom is 0.243 e. The zero-order valence-corrected chi connectivity index (χ0v) is 18.8. The Morgan fingerprint density at radius 2 is 1.88 bits per heavy atom. The quantitative estimate of drug-likeness (QED) is 0.373. The molecule has 0 fully saturated rings. The van der Waals surface area contributed by atoms with Gasteiger partial charge in [0.2, 0.25) is 10.0 Å². The molecular formula is C23H22N2O5S2. The van der Waals surface area contributed by atoms with E-state index in [1.807, 2.05) is 24.3 Å². The highest BCUT2D eigenvalue weighted by atomic mass is 32.2. The highest BCUT2D eigenvalue weighted by Gasteiger charge is 2.25. The summed E-state index contributed by atoms with van der Waals surface area (Å²) in [6.07, 6.45) is 1.53. The van der Waals surface area contributed by atoms with Crippen LogP contribution in [0.2, 0.25) is 0 Å². The first-order valence-corrected chi connectivity index (χ1v) is 12.2. The Kier molecular flexibility index (Phi) is 7.01. The summed E-state index contributed by atoms with van der Waals surface area (Å²) < 4.78 is 39.2. The molecule has 32 heavy (non-hydrogen) atoms. The van der Waals surface area contributed by atoms with Crippen LogP contribution in [-0.4, -0.2) is 22.8 Å². The molecular weight excluding hydrogens is 448 g/mol. The fourth-order valence-electron chi connectivity index (χ4n) is 3.11. The number of furan rings is 1. The van der Waals surface area contributed by atoms with Gasteiger partial charge in [0.05, 0.1) is 30.0 Å². The van der Waals surface area contributed by atoms with Crippen LogP contribution in [0.25, 0.3) is 0 Å². The molecule has 0 amide bonds. The van der Waals surface area contributed by atoms with E-state index in [2.05, 4.69) is 4.98 Å². The van der Waals surface area contributed by atoms with Crippen molar-refractivity contribution in [2.45, 2.75) is 31.2 Å². The zero-order chi connectivity index (χ0) is 22.4. The second kappa shape index (κ2) is 10.1. The fourth-order valence-corrected chi connectivity index (χ4v) is 5.23. The lowest BCUT2D eigenvalue weighted by atomic mass is 10.2. The summed E-state index contributed by atoms with van der Waals surface area (Å²) in [7, 11) is -3.74. The number of ether oxygens (including phenoxy) is 1. The van der Waals surface area contributed by atoms with E-state index in [1.54, 1.807) is 47.8 Å². The molecule has 0 aliphatic carbocycles. The molecule has 2 aromatic heterocycles. The maximum atomic E-state index is 13.3. The summed E-state index contributed by atoms with van der Waals surface area (Å²) in [6.45, 7) is 0.430. The van der Waals surface area contributed by atoms with Gasteiger partial charge >= 0.3 is 0 Å². The van der Waals surface area contributed by atoms with E-state index in [1.165, 1.54) is 21.9 Å². The Balaban J connectivity index is 1.53. The number of rotatable bonds is 10. The van der Waals surface area contributed by atoms with Gasteiger partial charge in [0.25, 0.3) is 0 Å². The third kappa shape index (κ3) is 5.43. The van der Waals surface area contributed by atoms with Gasteiger partial charge in [-0.1, -0.05) is 30.3 Å². The van der Waals surface area contributed by atoms with E-state index in [-0.39, 0.29) is 31.2 Å². The summed E-state index contributed by atoms with van der Waals surface area (Å²) in [5.41, 5.74) is 1.39. The number of aliphatic hydroxyl groups excluding tert-OH is 1. The first-order chi connectivity index (χ1) is 15.5. The lowest BCUT2D eigenvalue weighted by Gasteiger charge is -2.22. The molecule has 0 aliphatic rings. The van der Waals surface area contributed by atoms with Crippen molar-refractivity contribution in [1.82, 2.24) is 9.29 Å². The average molecular weight is 471 g/mol. The standard InChI is InChI=1S/C23H22N2O5S2/c26-15-19-17-31-23(24-19)16-30-20-7-4-6-18(12-20)13-25(14-21-8-5-11-29-21)32(27,28)22-9-2-1-3-10-22/h1-12,17,26H,13-16H2. The van der Waals surface area contributed by atoms with E-state index < -0.39 is 10.0 Å². The van der Waals surface area contributed by atoms with Gasteiger partial charge in [-0.25, -0.2) is 13.4 Å². The van der Waals surface area contributed by atoms with Crippen molar-refractivity contribution < 1.29 is 22.7 Å². The topological polar surface area (TPSA) is 92.9 Å². The van der Waals surface area contributed by atoms with Crippen LogP contribution < -0.4 is 4.74 Å². The number of sulfonamides is 1. The number of benzene rings is 2. The lowest BCUT2D eigenvalue weighted by molar-refractivity contribution is 0.275. The third-order valence-electron chi connectivity index (χ3n) is 4.67. The van der Waals surface area contributed by atoms with E-state index in [0.717, 1.165) is 10.6 Å². The SMILES string of the molecule is O=S(=O)(c1ccccc1)N(Cc1cccc(OCc2nc(CO)cs2)c1)Cc1ccco1. The molecule has 0 bridgehead atoms. The summed E-state index contributed by atoms with van der Waals surface area (Å²) in [5, 5.41) is 11.7. The Hall–Kier alpha value is -2.98. The van der Waals surface area contributed by atoms with Crippen LogP contribution in [0.1, 0.15) is 22.0 Å². The minimum absolute atomic E-state index is 0.104. The molecule has 0 saturated carbocycles. The Bertz CT molecular complexity index is 1240. The van der Waals surface area contributed by atoms with E-state index in [9.17, 15) is 8.42 Å². The lowest BCUT2D eigenvalue weighted by Crippen LogP contribution is -2.30. The Morgan fingerprint density at radius 3 is 2.59 bits per heavy atom. The van der Waals surface area contributed by atoms with Crippen molar-refractivity contribution >= 4 is 21.4 Å². The molecule has 0 spiro atoms. The smallest absolute Gasteiger partial charge is 0.243 e. The van der Waals surface area contributed by atoms with Crippen molar-refractivity contribution in [2.24, 2.45) is 0 Å². The minimum atomic E-state index is -3.74. The van der Waals surface area contributed by atoms with Crippen molar-refractivity contribution in [3.63, 3.8) is 0 Å². The number of thiazole rings is 1. The summed E-state index contributed by atoms with van der Waals surface area (Å²) >= 11 is 1.42. The van der Waals surface area contributed by atoms with Gasteiger partial charge in [-0.2, -0.15) is 4.31 Å². The summed E-state index contributed by atoms with van der Waals surface area (Å²) in [4.78, 5) is 4.49. The predicted molar refractivity (Wildman–Crippen MR) is 120 cm³/mol. The van der Waals surface area contributed by atoms with Crippen molar-refractivity contribution in [1.29, 1.82) is 0 Å². The van der Waals surface area contributed by atoms with Crippen LogP contribution in [-0.2, 0) is 36.3 Å². The molecule has 7 nitrogen and oxygen atoms in total. The zero-order valence-electron chi connectivity index (χ0n) is 17.1. The molecule has 0 aliphatic heterocycles. The van der Waals surface area contributed by atoms with Gasteiger partial charge in [0.1, 0.15) is 23.1 Å². The first-order valence-electron chi connectivity index (χ1n) is 9.88. The number of aromatic nitrogens is 1. The molecule has 4 rings (SSSR count). The van der Waals surface area contributed by atoms with Crippen molar-refractivity contribution in [3.05, 3.63) is 100 Å². The van der Waals surface area contributed by atoms with Crippen LogP contribution in [0, 0.1) is 0 Å².